The van der Waals surface area contributed by atoms with E-state index >= 15 is 0 Å². The highest BCUT2D eigenvalue weighted by molar-refractivity contribution is 5.79. The van der Waals surface area contributed by atoms with Gasteiger partial charge in [-0.1, -0.05) is 39.0 Å². The second-order valence-corrected chi connectivity index (χ2v) is 6.55. The molecule has 2 unspecified atom stereocenters. The van der Waals surface area contributed by atoms with Crippen molar-refractivity contribution in [2.24, 2.45) is 10.9 Å². The fraction of sp³-hybridized carbons (Fsp3) is 0.650. The van der Waals surface area contributed by atoms with Gasteiger partial charge in [-0.2, -0.15) is 0 Å². The minimum absolute atomic E-state index is 0.281. The molecule has 0 amide bonds. The average Bonchev–Trinajstić information content (AvgIpc) is 2.63. The van der Waals surface area contributed by atoms with Gasteiger partial charge in [-0.15, -0.1) is 0 Å². The van der Waals surface area contributed by atoms with Crippen LogP contribution in [0.2, 0.25) is 0 Å². The third kappa shape index (κ3) is 7.34. The number of aliphatic imine (C=N–C) groups is 1. The standard InChI is InChI=1S/C20H35N3O2/c1-7-25-18(15(2)3)12-13-22-20(21-5)23-14-16(4)17-10-8-9-11-19(17)24-6/h8-11,15-16,18H,7,12-14H2,1-6H3,(H2,21,22,23). The molecule has 0 saturated heterocycles. The molecule has 1 aromatic carbocycles. The summed E-state index contributed by atoms with van der Waals surface area (Å²) in [6, 6.07) is 8.14. The van der Waals surface area contributed by atoms with E-state index in [-0.39, 0.29) is 6.10 Å². The van der Waals surface area contributed by atoms with Gasteiger partial charge in [0.2, 0.25) is 0 Å². The molecule has 0 spiro atoms. The van der Waals surface area contributed by atoms with Crippen LogP contribution < -0.4 is 15.4 Å². The summed E-state index contributed by atoms with van der Waals surface area (Å²) in [5, 5.41) is 6.77. The summed E-state index contributed by atoms with van der Waals surface area (Å²) in [4.78, 5) is 4.31. The molecule has 0 fully saturated rings. The molecule has 1 rings (SSSR count). The van der Waals surface area contributed by atoms with Crippen LogP contribution in [-0.4, -0.2) is 45.9 Å². The summed E-state index contributed by atoms with van der Waals surface area (Å²) in [6.45, 7) is 11.0. The van der Waals surface area contributed by atoms with Crippen LogP contribution in [-0.2, 0) is 4.74 Å². The van der Waals surface area contributed by atoms with E-state index in [0.717, 1.165) is 37.8 Å². The quantitative estimate of drug-likeness (QED) is 0.502. The molecular formula is C20H35N3O2. The zero-order valence-electron chi connectivity index (χ0n) is 16.6. The Morgan fingerprint density at radius 1 is 1.16 bits per heavy atom. The fourth-order valence-corrected chi connectivity index (χ4v) is 2.81. The number of para-hydroxylation sites is 1. The van der Waals surface area contributed by atoms with Gasteiger partial charge >= 0.3 is 0 Å². The lowest BCUT2D eigenvalue weighted by Crippen LogP contribution is -2.40. The molecule has 0 aliphatic rings. The van der Waals surface area contributed by atoms with Crippen molar-refractivity contribution < 1.29 is 9.47 Å². The van der Waals surface area contributed by atoms with Crippen LogP contribution in [0.5, 0.6) is 5.75 Å². The predicted octanol–water partition coefficient (Wildman–Crippen LogP) is 3.41. The molecule has 2 N–H and O–H groups in total. The summed E-state index contributed by atoms with van der Waals surface area (Å²) >= 11 is 0. The van der Waals surface area contributed by atoms with Crippen molar-refractivity contribution in [3.8, 4) is 5.75 Å². The molecule has 0 aromatic heterocycles. The topological polar surface area (TPSA) is 54.9 Å². The largest absolute Gasteiger partial charge is 0.496 e. The normalized spacial score (nSPS) is 14.3. The van der Waals surface area contributed by atoms with Crippen molar-refractivity contribution in [3.63, 3.8) is 0 Å². The Hall–Kier alpha value is -1.75. The Labute approximate surface area is 153 Å². The van der Waals surface area contributed by atoms with E-state index in [2.05, 4.69) is 42.5 Å². The van der Waals surface area contributed by atoms with Gasteiger partial charge in [-0.3, -0.25) is 4.99 Å². The number of guanidine groups is 1. The lowest BCUT2D eigenvalue weighted by molar-refractivity contribution is 0.0258. The molecule has 1 aromatic rings. The van der Waals surface area contributed by atoms with Crippen molar-refractivity contribution >= 4 is 5.96 Å². The first kappa shape index (κ1) is 21.3. The predicted molar refractivity (Wildman–Crippen MR) is 106 cm³/mol. The summed E-state index contributed by atoms with van der Waals surface area (Å²) in [7, 11) is 3.51. The first-order valence-corrected chi connectivity index (χ1v) is 9.22. The Bertz CT molecular complexity index is 517. The first-order valence-electron chi connectivity index (χ1n) is 9.22. The fourth-order valence-electron chi connectivity index (χ4n) is 2.81. The summed E-state index contributed by atoms with van der Waals surface area (Å²) in [6.07, 6.45) is 1.25. The highest BCUT2D eigenvalue weighted by Crippen LogP contribution is 2.25. The highest BCUT2D eigenvalue weighted by atomic mass is 16.5. The molecule has 0 bridgehead atoms. The van der Waals surface area contributed by atoms with Crippen LogP contribution in [0.4, 0.5) is 0 Å². The van der Waals surface area contributed by atoms with Crippen molar-refractivity contribution in [1.82, 2.24) is 10.6 Å². The van der Waals surface area contributed by atoms with Crippen molar-refractivity contribution in [1.29, 1.82) is 0 Å². The lowest BCUT2D eigenvalue weighted by atomic mass is 10.0. The van der Waals surface area contributed by atoms with Crippen LogP contribution >= 0.6 is 0 Å². The maximum Gasteiger partial charge on any atom is 0.190 e. The van der Waals surface area contributed by atoms with E-state index < -0.39 is 0 Å². The summed E-state index contributed by atoms with van der Waals surface area (Å²) < 4.78 is 11.2. The zero-order valence-corrected chi connectivity index (χ0v) is 16.6. The van der Waals surface area contributed by atoms with E-state index in [1.807, 2.05) is 25.1 Å². The highest BCUT2D eigenvalue weighted by Gasteiger charge is 2.14. The van der Waals surface area contributed by atoms with Gasteiger partial charge in [-0.05, 0) is 30.9 Å². The second kappa shape index (κ2) is 11.7. The maximum atomic E-state index is 5.79. The molecule has 2 atom stereocenters. The summed E-state index contributed by atoms with van der Waals surface area (Å²) in [5.41, 5.74) is 1.20. The van der Waals surface area contributed by atoms with E-state index in [1.165, 1.54) is 5.56 Å². The Balaban J connectivity index is 2.46. The number of nitrogens with one attached hydrogen (secondary N) is 2. The smallest absolute Gasteiger partial charge is 0.190 e. The number of hydrogen-bond acceptors (Lipinski definition) is 3. The van der Waals surface area contributed by atoms with Crippen molar-refractivity contribution in [2.45, 2.75) is 46.1 Å². The maximum absolute atomic E-state index is 5.79. The van der Waals surface area contributed by atoms with Crippen LogP contribution in [0, 0.1) is 5.92 Å². The SMILES string of the molecule is CCOC(CCNC(=NC)NCC(C)c1ccccc1OC)C(C)C. The van der Waals surface area contributed by atoms with Gasteiger partial charge < -0.3 is 20.1 Å². The molecule has 0 aliphatic heterocycles. The van der Waals surface area contributed by atoms with E-state index in [4.69, 9.17) is 9.47 Å². The van der Waals surface area contributed by atoms with Crippen molar-refractivity contribution in [3.05, 3.63) is 29.8 Å². The Kier molecular flexibility index (Phi) is 10.0. The number of nitrogens with zero attached hydrogens (tertiary/aromatic N) is 1. The molecule has 0 heterocycles. The molecule has 5 heteroatoms. The van der Waals surface area contributed by atoms with E-state index in [0.29, 0.717) is 11.8 Å². The van der Waals surface area contributed by atoms with Crippen LogP contribution in [0.15, 0.2) is 29.3 Å². The van der Waals surface area contributed by atoms with Gasteiger partial charge in [0.25, 0.3) is 0 Å². The van der Waals surface area contributed by atoms with E-state index in [9.17, 15) is 0 Å². The number of methoxy groups -OCH3 is 1. The lowest BCUT2D eigenvalue weighted by Gasteiger charge is -2.22. The number of benzene rings is 1. The van der Waals surface area contributed by atoms with Crippen LogP contribution in [0.1, 0.15) is 45.6 Å². The second-order valence-electron chi connectivity index (χ2n) is 6.55. The Morgan fingerprint density at radius 3 is 2.48 bits per heavy atom. The van der Waals surface area contributed by atoms with Gasteiger partial charge in [0.1, 0.15) is 5.75 Å². The third-order valence-corrected chi connectivity index (χ3v) is 4.31. The minimum Gasteiger partial charge on any atom is -0.496 e. The van der Waals surface area contributed by atoms with Crippen molar-refractivity contribution in [2.75, 3.05) is 33.9 Å². The van der Waals surface area contributed by atoms with Gasteiger partial charge in [0.15, 0.2) is 5.96 Å². The number of hydrogen-bond donors (Lipinski definition) is 2. The molecular weight excluding hydrogens is 314 g/mol. The molecule has 25 heavy (non-hydrogen) atoms. The van der Waals surface area contributed by atoms with Gasteiger partial charge in [0.05, 0.1) is 13.2 Å². The van der Waals surface area contributed by atoms with Gasteiger partial charge in [0, 0.05) is 32.7 Å². The molecule has 0 aliphatic carbocycles. The monoisotopic (exact) mass is 349 g/mol. The van der Waals surface area contributed by atoms with Crippen LogP contribution in [0.25, 0.3) is 0 Å². The Morgan fingerprint density at radius 2 is 1.88 bits per heavy atom. The molecule has 5 nitrogen and oxygen atoms in total. The molecule has 0 saturated carbocycles. The first-order chi connectivity index (χ1) is 12.0. The molecule has 0 radical (unpaired) electrons. The average molecular weight is 350 g/mol. The summed E-state index contributed by atoms with van der Waals surface area (Å²) in [5.74, 6) is 2.58. The van der Waals surface area contributed by atoms with E-state index in [1.54, 1.807) is 14.2 Å². The third-order valence-electron chi connectivity index (χ3n) is 4.31. The minimum atomic E-state index is 0.281. The van der Waals surface area contributed by atoms with Crippen LogP contribution in [0.3, 0.4) is 0 Å². The number of rotatable bonds is 10. The number of ether oxygens (including phenoxy) is 2. The van der Waals surface area contributed by atoms with Gasteiger partial charge in [-0.25, -0.2) is 0 Å². The molecule has 142 valence electrons. The zero-order chi connectivity index (χ0) is 18.7.